The Bertz CT molecular complexity index is 952. The largest absolute Gasteiger partial charge is 0.494 e. The maximum atomic E-state index is 5.86. The van der Waals surface area contributed by atoms with Gasteiger partial charge < -0.3 is 14.5 Å². The fourth-order valence-electron chi connectivity index (χ4n) is 3.96. The number of thioether (sulfide) groups is 1. The highest BCUT2D eigenvalue weighted by atomic mass is 32.2. The number of rotatable bonds is 8. The number of pyridine rings is 1. The Morgan fingerprint density at radius 2 is 1.77 bits per heavy atom. The third-order valence-corrected chi connectivity index (χ3v) is 6.45. The molecule has 3 aromatic rings. The normalized spacial score (nSPS) is 14.9. The molecule has 1 aliphatic rings. The summed E-state index contributed by atoms with van der Waals surface area (Å²) in [5, 5.41) is 2.48. The van der Waals surface area contributed by atoms with Gasteiger partial charge in [0.05, 0.1) is 12.3 Å². The molecule has 2 aromatic carbocycles. The van der Waals surface area contributed by atoms with E-state index in [-0.39, 0.29) is 0 Å². The molecular weight excluding hydrogens is 390 g/mol. The van der Waals surface area contributed by atoms with Gasteiger partial charge in [0.25, 0.3) is 0 Å². The highest BCUT2D eigenvalue weighted by Crippen LogP contribution is 2.31. The number of hydrogen-bond acceptors (Lipinski definition) is 5. The molecule has 2 heterocycles. The number of likely N-dealkylation sites (N-methyl/N-ethyl adjacent to an activating group) is 1. The Morgan fingerprint density at radius 3 is 2.50 bits per heavy atom. The van der Waals surface area contributed by atoms with Gasteiger partial charge in [0.15, 0.2) is 0 Å². The van der Waals surface area contributed by atoms with E-state index in [1.807, 2.05) is 11.8 Å². The first-order valence-electron chi connectivity index (χ1n) is 10.9. The lowest BCUT2D eigenvalue weighted by Crippen LogP contribution is -2.46. The highest BCUT2D eigenvalue weighted by molar-refractivity contribution is 7.98. The molecule has 5 heteroatoms. The monoisotopic (exact) mass is 421 g/mol. The SMILES string of the molecule is CCN1CCN(c2nc(-c3ccc(OCCCSC)cc3)cc3ccccc23)CC1. The standard InChI is InChI=1S/C25H31N3OS/c1-3-27-13-15-28(16-14-27)25-23-8-5-4-7-21(23)19-24(26-25)20-9-11-22(12-10-20)29-17-6-18-30-2/h4-5,7-12,19H,3,6,13-18H2,1-2H3. The molecule has 0 bridgehead atoms. The predicted octanol–water partition coefficient (Wildman–Crippen LogP) is 5.18. The summed E-state index contributed by atoms with van der Waals surface area (Å²) >= 11 is 1.86. The van der Waals surface area contributed by atoms with Crippen LogP contribution in [0.15, 0.2) is 54.6 Å². The lowest BCUT2D eigenvalue weighted by Gasteiger charge is -2.35. The summed E-state index contributed by atoms with van der Waals surface area (Å²) in [6.45, 7) is 8.36. The lowest BCUT2D eigenvalue weighted by atomic mass is 10.1. The molecule has 0 atom stereocenters. The third-order valence-electron chi connectivity index (χ3n) is 5.75. The molecule has 4 nitrogen and oxygen atoms in total. The maximum absolute atomic E-state index is 5.86. The first-order chi connectivity index (χ1) is 14.8. The van der Waals surface area contributed by atoms with Gasteiger partial charge in [-0.15, -0.1) is 0 Å². The van der Waals surface area contributed by atoms with E-state index in [0.717, 1.165) is 74.3 Å². The first-order valence-corrected chi connectivity index (χ1v) is 12.3. The van der Waals surface area contributed by atoms with E-state index in [4.69, 9.17) is 9.72 Å². The molecule has 158 valence electrons. The fraction of sp³-hybridized carbons (Fsp3) is 0.400. The van der Waals surface area contributed by atoms with Crippen molar-refractivity contribution in [1.29, 1.82) is 0 Å². The molecule has 0 amide bonds. The Kier molecular flexibility index (Phi) is 7.13. The number of ether oxygens (including phenoxy) is 1. The van der Waals surface area contributed by atoms with Crippen LogP contribution in [0.25, 0.3) is 22.0 Å². The highest BCUT2D eigenvalue weighted by Gasteiger charge is 2.19. The van der Waals surface area contributed by atoms with E-state index in [1.54, 1.807) is 0 Å². The van der Waals surface area contributed by atoms with Crippen LogP contribution in [-0.4, -0.2) is 61.2 Å². The molecular formula is C25H31N3OS. The quantitative estimate of drug-likeness (QED) is 0.468. The van der Waals surface area contributed by atoms with Crippen molar-refractivity contribution in [2.75, 3.05) is 56.2 Å². The van der Waals surface area contributed by atoms with Gasteiger partial charge in [0.2, 0.25) is 0 Å². The minimum atomic E-state index is 0.766. The zero-order chi connectivity index (χ0) is 20.8. The van der Waals surface area contributed by atoms with E-state index in [2.05, 4.69) is 77.6 Å². The molecule has 1 aliphatic heterocycles. The topological polar surface area (TPSA) is 28.6 Å². The molecule has 0 radical (unpaired) electrons. The average molecular weight is 422 g/mol. The summed E-state index contributed by atoms with van der Waals surface area (Å²) in [6.07, 6.45) is 3.20. The van der Waals surface area contributed by atoms with Crippen molar-refractivity contribution >= 4 is 28.4 Å². The number of aromatic nitrogens is 1. The van der Waals surface area contributed by atoms with E-state index in [0.29, 0.717) is 0 Å². The minimum absolute atomic E-state index is 0.766. The van der Waals surface area contributed by atoms with Crippen LogP contribution in [0.3, 0.4) is 0 Å². The van der Waals surface area contributed by atoms with Gasteiger partial charge in [-0.25, -0.2) is 4.98 Å². The van der Waals surface area contributed by atoms with Crippen LogP contribution in [0.1, 0.15) is 13.3 Å². The number of anilines is 1. The first kappa shape index (κ1) is 21.0. The average Bonchev–Trinajstić information content (AvgIpc) is 2.81. The van der Waals surface area contributed by atoms with E-state index in [9.17, 15) is 0 Å². The van der Waals surface area contributed by atoms with Gasteiger partial charge in [-0.2, -0.15) is 11.8 Å². The van der Waals surface area contributed by atoms with Crippen LogP contribution >= 0.6 is 11.8 Å². The Morgan fingerprint density at radius 1 is 1.00 bits per heavy atom. The van der Waals surface area contributed by atoms with E-state index in [1.165, 1.54) is 10.8 Å². The van der Waals surface area contributed by atoms with Crippen LogP contribution in [0.4, 0.5) is 5.82 Å². The van der Waals surface area contributed by atoms with Crippen molar-refractivity contribution in [3.05, 3.63) is 54.6 Å². The Labute approximate surface area is 184 Å². The van der Waals surface area contributed by atoms with Gasteiger partial charge in [0, 0.05) is 37.1 Å². The van der Waals surface area contributed by atoms with E-state index >= 15 is 0 Å². The van der Waals surface area contributed by atoms with Gasteiger partial charge in [0.1, 0.15) is 11.6 Å². The summed E-state index contributed by atoms with van der Waals surface area (Å²) in [7, 11) is 0. The van der Waals surface area contributed by atoms with Crippen molar-refractivity contribution in [2.45, 2.75) is 13.3 Å². The van der Waals surface area contributed by atoms with Crippen molar-refractivity contribution in [2.24, 2.45) is 0 Å². The van der Waals surface area contributed by atoms with Gasteiger partial charge >= 0.3 is 0 Å². The molecule has 4 rings (SSSR count). The Balaban J connectivity index is 1.59. The maximum Gasteiger partial charge on any atom is 0.137 e. The van der Waals surface area contributed by atoms with Crippen LogP contribution in [0.5, 0.6) is 5.75 Å². The second kappa shape index (κ2) is 10.2. The van der Waals surface area contributed by atoms with Crippen LogP contribution in [0, 0.1) is 0 Å². The second-order valence-corrected chi connectivity index (χ2v) is 8.68. The van der Waals surface area contributed by atoms with Gasteiger partial charge in [-0.05, 0) is 60.7 Å². The zero-order valence-electron chi connectivity index (χ0n) is 18.0. The van der Waals surface area contributed by atoms with Gasteiger partial charge in [-0.3, -0.25) is 0 Å². The van der Waals surface area contributed by atoms with Crippen molar-refractivity contribution in [3.63, 3.8) is 0 Å². The molecule has 0 unspecified atom stereocenters. The molecule has 0 spiro atoms. The number of hydrogen-bond donors (Lipinski definition) is 0. The number of benzene rings is 2. The molecule has 0 aliphatic carbocycles. The van der Waals surface area contributed by atoms with Crippen molar-refractivity contribution in [3.8, 4) is 17.0 Å². The molecule has 30 heavy (non-hydrogen) atoms. The molecule has 1 fully saturated rings. The summed E-state index contributed by atoms with van der Waals surface area (Å²) < 4.78 is 5.86. The fourth-order valence-corrected chi connectivity index (χ4v) is 4.37. The number of fused-ring (bicyclic) bond motifs is 1. The number of nitrogens with zero attached hydrogens (tertiary/aromatic N) is 3. The molecule has 1 saturated heterocycles. The second-order valence-electron chi connectivity index (χ2n) is 7.69. The summed E-state index contributed by atoms with van der Waals surface area (Å²) in [6, 6.07) is 19.2. The van der Waals surface area contributed by atoms with Crippen LogP contribution in [0.2, 0.25) is 0 Å². The zero-order valence-corrected chi connectivity index (χ0v) is 18.8. The molecule has 1 aromatic heterocycles. The smallest absolute Gasteiger partial charge is 0.137 e. The molecule has 0 N–H and O–H groups in total. The van der Waals surface area contributed by atoms with Crippen LogP contribution < -0.4 is 9.64 Å². The summed E-state index contributed by atoms with van der Waals surface area (Å²) in [4.78, 5) is 10.1. The summed E-state index contributed by atoms with van der Waals surface area (Å²) in [5.41, 5.74) is 2.15. The third kappa shape index (κ3) is 4.90. The summed E-state index contributed by atoms with van der Waals surface area (Å²) in [5.74, 6) is 3.17. The molecule has 0 saturated carbocycles. The minimum Gasteiger partial charge on any atom is -0.494 e. The van der Waals surface area contributed by atoms with Crippen molar-refractivity contribution in [1.82, 2.24) is 9.88 Å². The number of piperazine rings is 1. The lowest BCUT2D eigenvalue weighted by molar-refractivity contribution is 0.271. The van der Waals surface area contributed by atoms with Crippen molar-refractivity contribution < 1.29 is 4.74 Å². The Hall–Kier alpha value is -2.24. The van der Waals surface area contributed by atoms with Gasteiger partial charge in [-0.1, -0.05) is 31.2 Å². The van der Waals surface area contributed by atoms with Crippen LogP contribution in [-0.2, 0) is 0 Å². The van der Waals surface area contributed by atoms with E-state index < -0.39 is 0 Å². The predicted molar refractivity (Wildman–Crippen MR) is 130 cm³/mol.